The highest BCUT2D eigenvalue weighted by atomic mass is 35.5. The summed E-state index contributed by atoms with van der Waals surface area (Å²) in [5, 5.41) is 10.3. The summed E-state index contributed by atoms with van der Waals surface area (Å²) in [7, 11) is 0. The van der Waals surface area contributed by atoms with E-state index in [1.165, 1.54) is 58.4 Å². The summed E-state index contributed by atoms with van der Waals surface area (Å²) in [5.74, 6) is 0.853. The van der Waals surface area contributed by atoms with E-state index in [0.29, 0.717) is 17.9 Å². The average molecular weight is 820 g/mol. The van der Waals surface area contributed by atoms with Crippen LogP contribution in [0.5, 0.6) is 0 Å². The maximum absolute atomic E-state index is 13.1. The van der Waals surface area contributed by atoms with Gasteiger partial charge in [0.05, 0.1) is 16.9 Å². The second kappa shape index (κ2) is 17.2. The third kappa shape index (κ3) is 8.90. The van der Waals surface area contributed by atoms with Crippen LogP contribution in [-0.4, -0.2) is 103 Å². The molecule has 8 heterocycles. The number of carbonyl (C=O) groups is 2. The van der Waals surface area contributed by atoms with Crippen molar-refractivity contribution in [1.29, 1.82) is 0 Å². The van der Waals surface area contributed by atoms with Crippen molar-refractivity contribution >= 4 is 45.6 Å². The van der Waals surface area contributed by atoms with E-state index in [9.17, 15) is 18.4 Å². The highest BCUT2D eigenvalue weighted by Crippen LogP contribution is 2.24. The van der Waals surface area contributed by atoms with E-state index in [0.717, 1.165) is 55.3 Å². The fourth-order valence-electron chi connectivity index (χ4n) is 6.72. The number of halogens is 3. The first-order chi connectivity index (χ1) is 28.7. The van der Waals surface area contributed by atoms with Crippen LogP contribution in [0.1, 0.15) is 34.1 Å². The Labute approximate surface area is 339 Å². The molecule has 300 valence electrons. The number of hydrogen-bond donors (Lipinski definition) is 2. The summed E-state index contributed by atoms with van der Waals surface area (Å²) in [6.45, 7) is 3.32. The molecule has 2 aromatic carbocycles. The van der Waals surface area contributed by atoms with Gasteiger partial charge in [0.1, 0.15) is 24.3 Å². The SMILES string of the molecule is N[C@H]1CCN(c2nccn3ccnc23)C1.O=C(Cl)c1ncn(-c2ccc(F)cc2)n1.O=C(N[C@H]1CCN(c2nccn3cccc23)C1)c1ncn(-c2ccc(F)cc2)n1. The summed E-state index contributed by atoms with van der Waals surface area (Å²) in [5.41, 5.74) is 9.08. The molecule has 0 spiro atoms. The van der Waals surface area contributed by atoms with E-state index in [2.05, 4.69) is 50.2 Å². The maximum Gasteiger partial charge on any atom is 0.291 e. The lowest BCUT2D eigenvalue weighted by molar-refractivity contribution is 0.0929. The first-order valence-corrected chi connectivity index (χ1v) is 18.9. The Morgan fingerprint density at radius 2 is 1.25 bits per heavy atom. The number of imidazole rings is 1. The Morgan fingerprint density at radius 1 is 0.678 bits per heavy atom. The van der Waals surface area contributed by atoms with Gasteiger partial charge in [-0.05, 0) is 85.1 Å². The molecule has 0 saturated carbocycles. The number of hydrogen-bond acceptors (Lipinski definition) is 12. The van der Waals surface area contributed by atoms with Gasteiger partial charge in [-0.2, -0.15) is 0 Å². The highest BCUT2D eigenvalue weighted by molar-refractivity contribution is 6.67. The molecule has 20 heteroatoms. The van der Waals surface area contributed by atoms with Crippen molar-refractivity contribution < 1.29 is 18.4 Å². The smallest absolute Gasteiger partial charge is 0.291 e. The molecule has 2 aliphatic rings. The van der Waals surface area contributed by atoms with Crippen molar-refractivity contribution in [3.63, 3.8) is 0 Å². The van der Waals surface area contributed by atoms with Crippen LogP contribution in [0.15, 0.2) is 117 Å². The zero-order chi connectivity index (χ0) is 40.9. The second-order valence-electron chi connectivity index (χ2n) is 13.6. The first kappa shape index (κ1) is 38.7. The normalized spacial score (nSPS) is 16.1. The third-order valence-electron chi connectivity index (χ3n) is 9.62. The Kier molecular flexibility index (Phi) is 11.3. The number of anilines is 2. The minimum absolute atomic E-state index is 0.0164. The number of rotatable bonds is 7. The molecule has 59 heavy (non-hydrogen) atoms. The van der Waals surface area contributed by atoms with Crippen LogP contribution in [0.2, 0.25) is 0 Å². The van der Waals surface area contributed by atoms with Crippen LogP contribution < -0.4 is 20.9 Å². The largest absolute Gasteiger partial charge is 0.353 e. The van der Waals surface area contributed by atoms with Crippen molar-refractivity contribution in [3.05, 3.63) is 140 Å². The molecule has 2 aliphatic heterocycles. The molecular weight excluding hydrogens is 784 g/mol. The van der Waals surface area contributed by atoms with Gasteiger partial charge in [0, 0.05) is 81.6 Å². The van der Waals surface area contributed by atoms with Gasteiger partial charge in [0.2, 0.25) is 11.6 Å². The summed E-state index contributed by atoms with van der Waals surface area (Å²) < 4.78 is 32.5. The molecule has 2 saturated heterocycles. The molecule has 2 fully saturated rings. The van der Waals surface area contributed by atoms with Crippen LogP contribution >= 0.6 is 11.6 Å². The molecule has 6 aromatic heterocycles. The molecule has 8 aromatic rings. The topological polar surface area (TPSA) is 188 Å². The van der Waals surface area contributed by atoms with Gasteiger partial charge in [-0.3, -0.25) is 9.59 Å². The Hall–Kier alpha value is -7.12. The van der Waals surface area contributed by atoms with Gasteiger partial charge >= 0.3 is 0 Å². The van der Waals surface area contributed by atoms with E-state index >= 15 is 0 Å². The first-order valence-electron chi connectivity index (χ1n) is 18.5. The van der Waals surface area contributed by atoms with E-state index < -0.39 is 5.24 Å². The van der Waals surface area contributed by atoms with Crippen LogP contribution in [0.4, 0.5) is 20.4 Å². The third-order valence-corrected chi connectivity index (χ3v) is 9.79. The summed E-state index contributed by atoms with van der Waals surface area (Å²) in [6, 6.07) is 15.7. The predicted octanol–water partition coefficient (Wildman–Crippen LogP) is 4.11. The fraction of sp³-hybridized carbons (Fsp3) is 0.205. The van der Waals surface area contributed by atoms with Crippen molar-refractivity contribution in [3.8, 4) is 11.4 Å². The minimum atomic E-state index is -0.726. The van der Waals surface area contributed by atoms with Crippen molar-refractivity contribution in [2.75, 3.05) is 36.0 Å². The van der Waals surface area contributed by atoms with Gasteiger partial charge in [0.15, 0.2) is 17.3 Å². The van der Waals surface area contributed by atoms with Crippen molar-refractivity contribution in [1.82, 2.24) is 58.6 Å². The highest BCUT2D eigenvalue weighted by Gasteiger charge is 2.27. The molecule has 0 radical (unpaired) electrons. The van der Waals surface area contributed by atoms with E-state index in [4.69, 9.17) is 17.3 Å². The predicted molar refractivity (Wildman–Crippen MR) is 214 cm³/mol. The number of benzene rings is 2. The molecular formula is C39H36ClF2N15O2. The van der Waals surface area contributed by atoms with Gasteiger partial charge in [0.25, 0.3) is 11.1 Å². The standard InChI is InChI=1S/C20H18FN7O.C10H13N5.C9H5ClFN3O/c21-14-3-5-16(6-4-14)28-13-23-18(25-28)20(29)24-15-7-10-27(12-15)19-17-2-1-9-26(17)11-8-22-19;11-8-1-4-15(7-8)10-9-12-2-5-14(9)6-3-13-10;10-8(15)9-12-5-14(13-9)7-3-1-6(11)2-4-7/h1-6,8-9,11,13,15H,7,10,12H2,(H,24,29);2-3,5-6,8H,1,4,7,11H2;1-5H/t15-;8-;/m00./s1. The molecule has 10 rings (SSSR count). The number of amides is 1. The van der Waals surface area contributed by atoms with Crippen LogP contribution in [0, 0.1) is 11.6 Å². The van der Waals surface area contributed by atoms with Gasteiger partial charge < -0.3 is 29.7 Å². The number of nitrogens with two attached hydrogens (primary N) is 1. The summed E-state index contributed by atoms with van der Waals surface area (Å²) >= 11 is 5.19. The zero-order valence-electron chi connectivity index (χ0n) is 31.2. The molecule has 3 N–H and O–H groups in total. The number of fused-ring (bicyclic) bond motifs is 2. The Balaban J connectivity index is 0.000000136. The van der Waals surface area contributed by atoms with Crippen LogP contribution in [-0.2, 0) is 0 Å². The van der Waals surface area contributed by atoms with Crippen molar-refractivity contribution in [2.45, 2.75) is 24.9 Å². The number of carbonyl (C=O) groups excluding carboxylic acids is 2. The van der Waals surface area contributed by atoms with E-state index in [-0.39, 0.29) is 41.3 Å². The molecule has 0 unspecified atom stereocenters. The van der Waals surface area contributed by atoms with Crippen molar-refractivity contribution in [2.24, 2.45) is 5.73 Å². The van der Waals surface area contributed by atoms with E-state index in [1.54, 1.807) is 30.7 Å². The molecule has 0 aliphatic carbocycles. The van der Waals surface area contributed by atoms with E-state index in [1.807, 2.05) is 45.7 Å². The minimum Gasteiger partial charge on any atom is -0.353 e. The van der Waals surface area contributed by atoms with Crippen LogP contribution in [0.25, 0.3) is 22.5 Å². The van der Waals surface area contributed by atoms with Gasteiger partial charge in [-0.15, -0.1) is 10.2 Å². The summed E-state index contributed by atoms with van der Waals surface area (Å²) in [6.07, 6.45) is 17.7. The average Bonchev–Trinajstić information content (AvgIpc) is 4.10. The summed E-state index contributed by atoms with van der Waals surface area (Å²) in [4.78, 5) is 48.6. The number of aromatic nitrogens is 11. The Morgan fingerprint density at radius 3 is 1.88 bits per heavy atom. The molecule has 1 amide bonds. The lowest BCUT2D eigenvalue weighted by atomic mass is 10.2. The fourth-order valence-corrected chi connectivity index (χ4v) is 6.81. The second-order valence-corrected chi connectivity index (χ2v) is 14.0. The monoisotopic (exact) mass is 819 g/mol. The zero-order valence-corrected chi connectivity index (χ0v) is 32.0. The number of nitrogens with one attached hydrogen (secondary N) is 1. The molecule has 2 atom stereocenters. The Bertz CT molecular complexity index is 2700. The molecule has 0 bridgehead atoms. The number of nitrogens with zero attached hydrogens (tertiary/aromatic N) is 13. The lowest BCUT2D eigenvalue weighted by Gasteiger charge is -2.18. The van der Waals surface area contributed by atoms with Crippen LogP contribution in [0.3, 0.4) is 0 Å². The maximum atomic E-state index is 13.1. The lowest BCUT2D eigenvalue weighted by Crippen LogP contribution is -2.37. The van der Waals surface area contributed by atoms with Gasteiger partial charge in [-0.1, -0.05) is 0 Å². The van der Waals surface area contributed by atoms with Gasteiger partial charge in [-0.25, -0.2) is 43.1 Å². The molecule has 17 nitrogen and oxygen atoms in total. The quantitative estimate of drug-likeness (QED) is 0.220.